The van der Waals surface area contributed by atoms with E-state index in [1.807, 2.05) is 35.2 Å². The maximum absolute atomic E-state index is 15.5. The van der Waals surface area contributed by atoms with Crippen LogP contribution in [-0.4, -0.2) is 37.9 Å². The van der Waals surface area contributed by atoms with Crippen LogP contribution < -0.4 is 4.74 Å². The van der Waals surface area contributed by atoms with Crippen LogP contribution in [-0.2, 0) is 24.4 Å². The third-order valence-corrected chi connectivity index (χ3v) is 7.65. The van der Waals surface area contributed by atoms with Gasteiger partial charge in [0.25, 0.3) is 0 Å². The van der Waals surface area contributed by atoms with Crippen LogP contribution in [0.25, 0.3) is 22.3 Å². The van der Waals surface area contributed by atoms with E-state index in [0.717, 1.165) is 35.9 Å². The molecule has 1 aliphatic heterocycles. The number of pyridine rings is 1. The fourth-order valence-corrected chi connectivity index (χ4v) is 5.28. The molecular formula is C33H27F2N5O2. The van der Waals surface area contributed by atoms with Gasteiger partial charge in [-0.05, 0) is 48.4 Å². The van der Waals surface area contributed by atoms with Crippen molar-refractivity contribution >= 4 is 16.9 Å². The minimum Gasteiger partial charge on any atom is -0.473 e. The number of imidazole rings is 1. The monoisotopic (exact) mass is 563 g/mol. The summed E-state index contributed by atoms with van der Waals surface area (Å²) in [5.41, 5.74) is 3.91. The summed E-state index contributed by atoms with van der Waals surface area (Å²) in [7, 11) is 0. The van der Waals surface area contributed by atoms with E-state index in [1.165, 1.54) is 18.2 Å². The molecule has 9 heteroatoms. The summed E-state index contributed by atoms with van der Waals surface area (Å²) in [4.78, 5) is 23.1. The third kappa shape index (κ3) is 5.44. The van der Waals surface area contributed by atoms with E-state index in [4.69, 9.17) is 15.0 Å². The number of para-hydroxylation sites is 2. The quantitative estimate of drug-likeness (QED) is 0.230. The lowest BCUT2D eigenvalue weighted by Crippen LogP contribution is -2.52. The molecule has 1 aliphatic rings. The molecule has 7 nitrogen and oxygen atoms in total. The van der Waals surface area contributed by atoms with E-state index in [2.05, 4.69) is 9.55 Å². The van der Waals surface area contributed by atoms with Gasteiger partial charge in [0.2, 0.25) is 11.8 Å². The van der Waals surface area contributed by atoms with Crippen LogP contribution in [0.4, 0.5) is 8.78 Å². The summed E-state index contributed by atoms with van der Waals surface area (Å²) in [5.74, 6) is 0.156. The number of ether oxygens (including phenoxy) is 1. The summed E-state index contributed by atoms with van der Waals surface area (Å²) >= 11 is 0. The highest BCUT2D eigenvalue weighted by Gasteiger charge is 2.31. The number of nitriles is 1. The number of carbonyl (C=O) groups excluding carboxylic acids is 1. The van der Waals surface area contributed by atoms with Crippen molar-refractivity contribution < 1.29 is 18.3 Å². The van der Waals surface area contributed by atoms with Crippen LogP contribution in [0, 0.1) is 23.0 Å². The topological polar surface area (TPSA) is 84.0 Å². The zero-order valence-electron chi connectivity index (χ0n) is 22.9. The van der Waals surface area contributed by atoms with Gasteiger partial charge >= 0.3 is 0 Å². The highest BCUT2D eigenvalue weighted by atomic mass is 19.1. The molecule has 6 rings (SSSR count). The van der Waals surface area contributed by atoms with Crippen molar-refractivity contribution in [2.45, 2.75) is 39.0 Å². The second-order valence-electron chi connectivity index (χ2n) is 10.3. The summed E-state index contributed by atoms with van der Waals surface area (Å²) in [6.07, 6.45) is 1.22. The third-order valence-electron chi connectivity index (χ3n) is 7.65. The number of carbonyl (C=O) groups is 1. The molecule has 5 aromatic rings. The van der Waals surface area contributed by atoms with Crippen LogP contribution in [0.1, 0.15) is 35.9 Å². The van der Waals surface area contributed by atoms with Gasteiger partial charge < -0.3 is 14.2 Å². The molecule has 3 heterocycles. The molecular weight excluding hydrogens is 536 g/mol. The second-order valence-corrected chi connectivity index (χ2v) is 10.3. The van der Waals surface area contributed by atoms with Crippen molar-refractivity contribution in [1.82, 2.24) is 19.4 Å². The summed E-state index contributed by atoms with van der Waals surface area (Å²) < 4.78 is 37.5. The fraction of sp³-hybridized carbons (Fsp3) is 0.212. The molecule has 1 amide bonds. The van der Waals surface area contributed by atoms with Crippen LogP contribution >= 0.6 is 0 Å². The van der Waals surface area contributed by atoms with Crippen molar-refractivity contribution in [2.75, 3.05) is 6.54 Å². The first-order chi connectivity index (χ1) is 20.4. The highest BCUT2D eigenvalue weighted by Crippen LogP contribution is 2.27. The van der Waals surface area contributed by atoms with Crippen molar-refractivity contribution in [1.29, 1.82) is 5.26 Å². The molecule has 210 valence electrons. The fourth-order valence-electron chi connectivity index (χ4n) is 5.28. The van der Waals surface area contributed by atoms with Crippen molar-refractivity contribution in [3.8, 4) is 23.2 Å². The van der Waals surface area contributed by atoms with E-state index in [0.29, 0.717) is 35.3 Å². The lowest BCUT2D eigenvalue weighted by molar-refractivity contribution is -0.136. The number of hydrogen-bond acceptors (Lipinski definition) is 5. The van der Waals surface area contributed by atoms with Crippen LogP contribution in [0.3, 0.4) is 0 Å². The number of likely N-dealkylation sites (tertiary alicyclic amines) is 1. The van der Waals surface area contributed by atoms with Crippen molar-refractivity contribution in [2.24, 2.45) is 0 Å². The standard InChI is InChI=1S/C33H27F2N5O2/c1-21(41)39-14-13-26(39)19-40-31-7-3-2-5-30(31)37-32(40)17-23-11-12-24(16-28(23)35)29-6-4-8-33(38-29)42-20-25-10-9-22(18-36)15-27(25)34/h2-12,15-16,26H,13-14,17,19-20H2,1H3. The van der Waals surface area contributed by atoms with E-state index in [9.17, 15) is 9.18 Å². The molecule has 0 N–H and O–H groups in total. The Morgan fingerprint density at radius 2 is 1.81 bits per heavy atom. The zero-order chi connectivity index (χ0) is 29.2. The van der Waals surface area contributed by atoms with Crippen LogP contribution in [0.5, 0.6) is 5.88 Å². The largest absolute Gasteiger partial charge is 0.473 e. The van der Waals surface area contributed by atoms with Gasteiger partial charge in [-0.15, -0.1) is 0 Å². The number of nitrogens with zero attached hydrogens (tertiary/aromatic N) is 5. The Morgan fingerprint density at radius 1 is 1.00 bits per heavy atom. The van der Waals surface area contributed by atoms with Crippen LogP contribution in [0.2, 0.25) is 0 Å². The Labute approximate surface area is 241 Å². The first-order valence-corrected chi connectivity index (χ1v) is 13.7. The first-order valence-electron chi connectivity index (χ1n) is 13.7. The summed E-state index contributed by atoms with van der Waals surface area (Å²) in [5, 5.41) is 8.92. The highest BCUT2D eigenvalue weighted by molar-refractivity contribution is 5.76. The Bertz CT molecular complexity index is 1840. The number of rotatable bonds is 8. The van der Waals surface area contributed by atoms with E-state index in [1.54, 1.807) is 37.3 Å². The lowest BCUT2D eigenvalue weighted by Gasteiger charge is -2.40. The normalized spacial score (nSPS) is 14.4. The minimum atomic E-state index is -0.528. The molecule has 3 aromatic carbocycles. The number of halogens is 2. The molecule has 0 bridgehead atoms. The minimum absolute atomic E-state index is 0.0587. The van der Waals surface area contributed by atoms with Gasteiger partial charge in [-0.3, -0.25) is 4.79 Å². The first kappa shape index (κ1) is 27.1. The number of fused-ring (bicyclic) bond motifs is 1. The molecule has 1 unspecified atom stereocenters. The Hall–Kier alpha value is -5.10. The van der Waals surface area contributed by atoms with E-state index >= 15 is 4.39 Å². The molecule has 1 atom stereocenters. The van der Waals surface area contributed by atoms with E-state index < -0.39 is 5.82 Å². The molecule has 42 heavy (non-hydrogen) atoms. The predicted octanol–water partition coefficient (Wildman–Crippen LogP) is 6.04. The van der Waals surface area contributed by atoms with Gasteiger partial charge in [-0.2, -0.15) is 5.26 Å². The summed E-state index contributed by atoms with van der Waals surface area (Å²) in [6, 6.07) is 24.1. The maximum Gasteiger partial charge on any atom is 0.219 e. The van der Waals surface area contributed by atoms with Crippen molar-refractivity contribution in [3.63, 3.8) is 0 Å². The average Bonchev–Trinajstić information content (AvgIpc) is 3.32. The van der Waals surface area contributed by atoms with Gasteiger partial charge in [0, 0.05) is 43.6 Å². The molecule has 0 spiro atoms. The van der Waals surface area contributed by atoms with Crippen LogP contribution in [0.15, 0.2) is 78.9 Å². The molecule has 0 saturated carbocycles. The summed E-state index contributed by atoms with van der Waals surface area (Å²) in [6.45, 7) is 2.89. The number of benzene rings is 3. The number of hydrogen-bond donors (Lipinski definition) is 0. The molecule has 1 fully saturated rings. The Kier molecular flexibility index (Phi) is 7.36. The van der Waals surface area contributed by atoms with Gasteiger partial charge in [0.1, 0.15) is 24.1 Å². The second kappa shape index (κ2) is 11.4. The zero-order valence-corrected chi connectivity index (χ0v) is 22.9. The molecule has 0 radical (unpaired) electrons. The average molecular weight is 564 g/mol. The van der Waals surface area contributed by atoms with Gasteiger partial charge in [-0.25, -0.2) is 18.7 Å². The SMILES string of the molecule is CC(=O)N1CCC1Cn1c(Cc2ccc(-c3cccc(OCc4ccc(C#N)cc4F)n3)cc2F)nc2ccccc21. The smallest absolute Gasteiger partial charge is 0.219 e. The van der Waals surface area contributed by atoms with Gasteiger partial charge in [-0.1, -0.05) is 36.4 Å². The maximum atomic E-state index is 15.5. The Morgan fingerprint density at radius 3 is 2.55 bits per heavy atom. The molecule has 0 aliphatic carbocycles. The van der Waals surface area contributed by atoms with Gasteiger partial charge in [0.15, 0.2) is 0 Å². The van der Waals surface area contributed by atoms with E-state index in [-0.39, 0.29) is 35.8 Å². The number of amides is 1. The molecule has 2 aromatic heterocycles. The van der Waals surface area contributed by atoms with Gasteiger partial charge in [0.05, 0.1) is 34.4 Å². The predicted molar refractivity (Wildman–Crippen MR) is 153 cm³/mol. The van der Waals surface area contributed by atoms with Crippen molar-refractivity contribution in [3.05, 3.63) is 113 Å². The molecule has 1 saturated heterocycles. The lowest BCUT2D eigenvalue weighted by atomic mass is 10.0. The Balaban J connectivity index is 1.21. The number of aromatic nitrogens is 3.